The highest BCUT2D eigenvalue weighted by Gasteiger charge is 2.14. The van der Waals surface area contributed by atoms with E-state index in [1.165, 1.54) is 19.5 Å². The normalized spacial score (nSPS) is 16.4. The van der Waals surface area contributed by atoms with Gasteiger partial charge in [0.25, 0.3) is 0 Å². The van der Waals surface area contributed by atoms with Gasteiger partial charge in [-0.2, -0.15) is 0 Å². The molecule has 1 aromatic rings. The van der Waals surface area contributed by atoms with E-state index in [0.29, 0.717) is 0 Å². The summed E-state index contributed by atoms with van der Waals surface area (Å²) in [5.74, 6) is 0.861. The van der Waals surface area contributed by atoms with E-state index in [4.69, 9.17) is 0 Å². The Bertz CT molecular complexity index is 279. The van der Waals surface area contributed by atoms with Gasteiger partial charge in [-0.15, -0.1) is 0 Å². The van der Waals surface area contributed by atoms with Crippen LogP contribution in [0.4, 0.5) is 5.82 Å². The molecule has 76 valence electrons. The van der Waals surface area contributed by atoms with Gasteiger partial charge in [-0.1, -0.05) is 0 Å². The summed E-state index contributed by atoms with van der Waals surface area (Å²) in [7, 11) is 0. The summed E-state index contributed by atoms with van der Waals surface area (Å²) in [5, 5.41) is 3.13. The molecule has 14 heavy (non-hydrogen) atoms. The van der Waals surface area contributed by atoms with Gasteiger partial charge in [0, 0.05) is 13.1 Å². The second-order valence-electron chi connectivity index (χ2n) is 3.55. The molecular weight excluding hydrogens is 176 g/mol. The molecule has 0 saturated carbocycles. The van der Waals surface area contributed by atoms with Crippen LogP contribution in [-0.4, -0.2) is 34.5 Å². The minimum absolute atomic E-state index is 0.861. The van der Waals surface area contributed by atoms with Crippen LogP contribution in [0.1, 0.15) is 19.0 Å². The third-order valence-electron chi connectivity index (χ3n) is 2.40. The molecule has 2 rings (SSSR count). The Morgan fingerprint density at radius 1 is 1.36 bits per heavy atom. The van der Waals surface area contributed by atoms with Crippen LogP contribution in [0.2, 0.25) is 0 Å². The number of anilines is 1. The van der Waals surface area contributed by atoms with Gasteiger partial charge in [0.1, 0.15) is 5.82 Å². The zero-order valence-corrected chi connectivity index (χ0v) is 8.53. The summed E-state index contributed by atoms with van der Waals surface area (Å²) in [4.78, 5) is 11.0. The van der Waals surface area contributed by atoms with Crippen molar-refractivity contribution in [2.24, 2.45) is 0 Å². The number of rotatable bonds is 4. The van der Waals surface area contributed by atoms with E-state index in [1.807, 2.05) is 6.20 Å². The average molecular weight is 192 g/mol. The summed E-state index contributed by atoms with van der Waals surface area (Å²) in [6, 6.07) is 0. The van der Waals surface area contributed by atoms with E-state index >= 15 is 0 Å². The van der Waals surface area contributed by atoms with Gasteiger partial charge in [-0.3, -0.25) is 9.88 Å². The van der Waals surface area contributed by atoms with Gasteiger partial charge < -0.3 is 5.32 Å². The maximum atomic E-state index is 4.35. The van der Waals surface area contributed by atoms with Gasteiger partial charge >= 0.3 is 0 Å². The fourth-order valence-corrected chi connectivity index (χ4v) is 1.48. The molecule has 4 heteroatoms. The molecule has 0 bridgehead atoms. The lowest BCUT2D eigenvalue weighted by atomic mass is 10.2. The molecule has 2 heterocycles. The van der Waals surface area contributed by atoms with Crippen molar-refractivity contribution in [1.82, 2.24) is 14.9 Å². The number of nitrogens with zero attached hydrogens (tertiary/aromatic N) is 3. The molecule has 0 aromatic carbocycles. The Hall–Kier alpha value is -1.16. The Labute approximate surface area is 84.4 Å². The maximum Gasteiger partial charge on any atom is 0.144 e. The van der Waals surface area contributed by atoms with Crippen molar-refractivity contribution in [3.8, 4) is 0 Å². The minimum atomic E-state index is 0.861. The topological polar surface area (TPSA) is 41.1 Å². The molecular formula is C10H16N4. The summed E-state index contributed by atoms with van der Waals surface area (Å²) < 4.78 is 0. The third-order valence-corrected chi connectivity index (χ3v) is 2.40. The first-order valence-electron chi connectivity index (χ1n) is 5.15. The standard InChI is InChI=1S/C10H16N4/c1-2-11-10-7-12-9(6-13-10)8-14-4-3-5-14/h6-7H,2-5,8H2,1H3,(H,11,13). The fourth-order valence-electron chi connectivity index (χ4n) is 1.48. The predicted molar refractivity (Wildman–Crippen MR) is 56.1 cm³/mol. The lowest BCUT2D eigenvalue weighted by Crippen LogP contribution is -2.36. The van der Waals surface area contributed by atoms with Crippen LogP contribution < -0.4 is 5.32 Å². The molecule has 1 saturated heterocycles. The van der Waals surface area contributed by atoms with E-state index in [2.05, 4.69) is 27.1 Å². The Morgan fingerprint density at radius 3 is 2.71 bits per heavy atom. The summed E-state index contributed by atoms with van der Waals surface area (Å²) >= 11 is 0. The van der Waals surface area contributed by atoms with Gasteiger partial charge in [-0.05, 0) is 26.4 Å². The molecule has 0 radical (unpaired) electrons. The van der Waals surface area contributed by atoms with E-state index in [1.54, 1.807) is 6.20 Å². The number of nitrogens with one attached hydrogen (secondary N) is 1. The van der Waals surface area contributed by atoms with Crippen molar-refractivity contribution in [3.05, 3.63) is 18.1 Å². The van der Waals surface area contributed by atoms with Crippen molar-refractivity contribution in [2.45, 2.75) is 19.9 Å². The quantitative estimate of drug-likeness (QED) is 0.776. The second kappa shape index (κ2) is 4.37. The molecule has 1 fully saturated rings. The van der Waals surface area contributed by atoms with Crippen LogP contribution >= 0.6 is 0 Å². The number of hydrogen-bond donors (Lipinski definition) is 1. The number of aromatic nitrogens is 2. The highest BCUT2D eigenvalue weighted by atomic mass is 15.2. The summed E-state index contributed by atoms with van der Waals surface area (Å²) in [5.41, 5.74) is 1.06. The molecule has 1 aliphatic rings. The molecule has 1 aromatic heterocycles. The van der Waals surface area contributed by atoms with Crippen molar-refractivity contribution in [2.75, 3.05) is 25.0 Å². The Morgan fingerprint density at radius 2 is 2.21 bits per heavy atom. The second-order valence-corrected chi connectivity index (χ2v) is 3.55. The zero-order valence-electron chi connectivity index (χ0n) is 8.53. The van der Waals surface area contributed by atoms with E-state index in [9.17, 15) is 0 Å². The Kier molecular flexibility index (Phi) is 2.93. The molecule has 4 nitrogen and oxygen atoms in total. The number of hydrogen-bond acceptors (Lipinski definition) is 4. The van der Waals surface area contributed by atoms with E-state index in [0.717, 1.165) is 24.6 Å². The van der Waals surface area contributed by atoms with Crippen LogP contribution in [0.25, 0.3) is 0 Å². The Balaban J connectivity index is 1.91. The molecule has 0 aliphatic carbocycles. The fraction of sp³-hybridized carbons (Fsp3) is 0.600. The van der Waals surface area contributed by atoms with Gasteiger partial charge in [-0.25, -0.2) is 4.98 Å². The van der Waals surface area contributed by atoms with Gasteiger partial charge in [0.2, 0.25) is 0 Å². The van der Waals surface area contributed by atoms with Crippen LogP contribution in [0.3, 0.4) is 0 Å². The monoisotopic (exact) mass is 192 g/mol. The van der Waals surface area contributed by atoms with Gasteiger partial charge in [0.05, 0.1) is 18.1 Å². The van der Waals surface area contributed by atoms with Crippen LogP contribution in [0.15, 0.2) is 12.4 Å². The van der Waals surface area contributed by atoms with Crippen LogP contribution in [0, 0.1) is 0 Å². The molecule has 0 atom stereocenters. The maximum absolute atomic E-state index is 4.35. The first-order chi connectivity index (χ1) is 6.88. The SMILES string of the molecule is CCNc1cnc(CN2CCC2)cn1. The minimum Gasteiger partial charge on any atom is -0.369 e. The van der Waals surface area contributed by atoms with Crippen molar-refractivity contribution < 1.29 is 0 Å². The highest BCUT2D eigenvalue weighted by molar-refractivity contribution is 5.30. The zero-order chi connectivity index (χ0) is 9.80. The predicted octanol–water partition coefficient (Wildman–Crippen LogP) is 1.11. The van der Waals surface area contributed by atoms with Gasteiger partial charge in [0.15, 0.2) is 0 Å². The third kappa shape index (κ3) is 2.20. The van der Waals surface area contributed by atoms with E-state index in [-0.39, 0.29) is 0 Å². The van der Waals surface area contributed by atoms with Crippen LogP contribution in [-0.2, 0) is 6.54 Å². The summed E-state index contributed by atoms with van der Waals surface area (Å²) in [6.07, 6.45) is 4.98. The van der Waals surface area contributed by atoms with Crippen molar-refractivity contribution in [3.63, 3.8) is 0 Å². The molecule has 1 aliphatic heterocycles. The molecule has 0 amide bonds. The molecule has 1 N–H and O–H groups in total. The first-order valence-corrected chi connectivity index (χ1v) is 5.15. The number of likely N-dealkylation sites (tertiary alicyclic amines) is 1. The van der Waals surface area contributed by atoms with Crippen molar-refractivity contribution >= 4 is 5.82 Å². The van der Waals surface area contributed by atoms with E-state index < -0.39 is 0 Å². The lowest BCUT2D eigenvalue weighted by Gasteiger charge is -2.29. The molecule has 0 spiro atoms. The highest BCUT2D eigenvalue weighted by Crippen LogP contribution is 2.10. The van der Waals surface area contributed by atoms with Crippen LogP contribution in [0.5, 0.6) is 0 Å². The smallest absolute Gasteiger partial charge is 0.144 e. The van der Waals surface area contributed by atoms with Crippen molar-refractivity contribution in [1.29, 1.82) is 0 Å². The largest absolute Gasteiger partial charge is 0.369 e. The lowest BCUT2D eigenvalue weighted by molar-refractivity contribution is 0.170. The average Bonchev–Trinajstić information content (AvgIpc) is 2.14. The first kappa shape index (κ1) is 9.40. The summed E-state index contributed by atoms with van der Waals surface area (Å²) in [6.45, 7) is 6.29. The molecule has 0 unspecified atom stereocenters.